The number of hydrogen-bond donors (Lipinski definition) is 1. The van der Waals surface area contributed by atoms with E-state index in [4.69, 9.17) is 0 Å². The molecule has 1 saturated carbocycles. The molecule has 4 heteroatoms. The molecule has 3 nitrogen and oxygen atoms in total. The summed E-state index contributed by atoms with van der Waals surface area (Å²) in [6, 6.07) is 3.47. The highest BCUT2D eigenvalue weighted by Gasteiger charge is 2.23. The van der Waals surface area contributed by atoms with Crippen LogP contribution in [0, 0.1) is 11.7 Å². The Morgan fingerprint density at radius 3 is 2.76 bits per heavy atom. The molecule has 2 rings (SSSR count). The van der Waals surface area contributed by atoms with E-state index in [1.807, 2.05) is 0 Å². The molecule has 1 aliphatic carbocycles. The molecule has 1 aromatic carbocycles. The van der Waals surface area contributed by atoms with Gasteiger partial charge in [-0.05, 0) is 30.9 Å². The second-order valence-corrected chi connectivity index (χ2v) is 4.64. The Morgan fingerprint density at radius 1 is 1.53 bits per heavy atom. The van der Waals surface area contributed by atoms with Gasteiger partial charge in [-0.25, -0.2) is 4.39 Å². The van der Waals surface area contributed by atoms with E-state index in [-0.39, 0.29) is 17.2 Å². The number of halogens is 1. The number of amides is 1. The zero-order valence-electron chi connectivity index (χ0n) is 9.82. The SMILES string of the molecule is CN(CC1CCC1)C(=O)c1ccc(F)cc1O. The van der Waals surface area contributed by atoms with Gasteiger partial charge in [-0.15, -0.1) is 0 Å². The molecule has 1 amide bonds. The topological polar surface area (TPSA) is 40.5 Å². The van der Waals surface area contributed by atoms with Crippen molar-refractivity contribution in [1.29, 1.82) is 0 Å². The number of aromatic hydroxyl groups is 1. The Labute approximate surface area is 99.9 Å². The van der Waals surface area contributed by atoms with Crippen LogP contribution in [0.4, 0.5) is 4.39 Å². The Hall–Kier alpha value is -1.58. The molecule has 1 N–H and O–H groups in total. The Balaban J connectivity index is 2.07. The second kappa shape index (κ2) is 4.73. The van der Waals surface area contributed by atoms with Gasteiger partial charge in [0.25, 0.3) is 5.91 Å². The number of hydrogen-bond acceptors (Lipinski definition) is 2. The first-order chi connectivity index (χ1) is 8.08. The lowest BCUT2D eigenvalue weighted by molar-refractivity contribution is 0.0742. The fourth-order valence-corrected chi connectivity index (χ4v) is 2.04. The predicted molar refractivity (Wildman–Crippen MR) is 62.4 cm³/mol. The fourth-order valence-electron chi connectivity index (χ4n) is 2.04. The first-order valence-corrected chi connectivity index (χ1v) is 5.82. The maximum Gasteiger partial charge on any atom is 0.257 e. The smallest absolute Gasteiger partial charge is 0.257 e. The van der Waals surface area contributed by atoms with E-state index in [0.29, 0.717) is 12.5 Å². The zero-order chi connectivity index (χ0) is 12.4. The molecule has 0 atom stereocenters. The van der Waals surface area contributed by atoms with Crippen LogP contribution >= 0.6 is 0 Å². The summed E-state index contributed by atoms with van der Waals surface area (Å²) in [5.74, 6) is -0.517. The van der Waals surface area contributed by atoms with Crippen LogP contribution in [0.25, 0.3) is 0 Å². The minimum atomic E-state index is -0.541. The Kier molecular flexibility index (Phi) is 3.31. The van der Waals surface area contributed by atoms with E-state index in [0.717, 1.165) is 18.9 Å². The van der Waals surface area contributed by atoms with E-state index in [1.165, 1.54) is 18.6 Å². The molecule has 1 aromatic rings. The van der Waals surface area contributed by atoms with Crippen molar-refractivity contribution in [3.05, 3.63) is 29.6 Å². The lowest BCUT2D eigenvalue weighted by atomic mass is 9.85. The van der Waals surface area contributed by atoms with Crippen molar-refractivity contribution in [2.45, 2.75) is 19.3 Å². The standard InChI is InChI=1S/C13H16FNO2/c1-15(8-9-3-2-4-9)13(17)11-6-5-10(14)7-12(11)16/h5-7,9,16H,2-4,8H2,1H3. The Bertz CT molecular complexity index is 429. The zero-order valence-corrected chi connectivity index (χ0v) is 9.82. The summed E-state index contributed by atoms with van der Waals surface area (Å²) in [5, 5.41) is 9.53. The normalized spacial score (nSPS) is 15.4. The third-order valence-corrected chi connectivity index (χ3v) is 3.29. The van der Waals surface area contributed by atoms with Crippen LogP contribution in [0.5, 0.6) is 5.75 Å². The lowest BCUT2D eigenvalue weighted by Gasteiger charge is -2.30. The Morgan fingerprint density at radius 2 is 2.24 bits per heavy atom. The molecule has 0 unspecified atom stereocenters. The summed E-state index contributed by atoms with van der Waals surface area (Å²) >= 11 is 0. The van der Waals surface area contributed by atoms with Crippen molar-refractivity contribution in [2.24, 2.45) is 5.92 Å². The highest BCUT2D eigenvalue weighted by Crippen LogP contribution is 2.28. The van der Waals surface area contributed by atoms with Crippen molar-refractivity contribution in [3.63, 3.8) is 0 Å². The summed E-state index contributed by atoms with van der Waals surface area (Å²) in [6.07, 6.45) is 3.55. The van der Waals surface area contributed by atoms with Crippen LogP contribution in [-0.2, 0) is 0 Å². The first kappa shape index (κ1) is 11.9. The summed E-state index contributed by atoms with van der Waals surface area (Å²) < 4.78 is 12.8. The van der Waals surface area contributed by atoms with Crippen LogP contribution in [0.2, 0.25) is 0 Å². The van der Waals surface area contributed by atoms with Crippen LogP contribution in [-0.4, -0.2) is 29.5 Å². The van der Waals surface area contributed by atoms with Gasteiger partial charge >= 0.3 is 0 Å². The van der Waals surface area contributed by atoms with Crippen molar-refractivity contribution in [3.8, 4) is 5.75 Å². The number of rotatable bonds is 3. The van der Waals surface area contributed by atoms with Crippen molar-refractivity contribution in [1.82, 2.24) is 4.90 Å². The fraction of sp³-hybridized carbons (Fsp3) is 0.462. The van der Waals surface area contributed by atoms with E-state index in [1.54, 1.807) is 11.9 Å². The third-order valence-electron chi connectivity index (χ3n) is 3.29. The van der Waals surface area contributed by atoms with Crippen LogP contribution in [0.3, 0.4) is 0 Å². The van der Waals surface area contributed by atoms with Gasteiger partial charge in [-0.1, -0.05) is 6.42 Å². The van der Waals surface area contributed by atoms with Crippen LogP contribution in [0.1, 0.15) is 29.6 Å². The van der Waals surface area contributed by atoms with Crippen LogP contribution in [0.15, 0.2) is 18.2 Å². The molecule has 1 aliphatic rings. The van der Waals surface area contributed by atoms with Gasteiger partial charge in [0.1, 0.15) is 11.6 Å². The number of carbonyl (C=O) groups is 1. The van der Waals surface area contributed by atoms with E-state index < -0.39 is 5.82 Å². The molecule has 1 fully saturated rings. The van der Waals surface area contributed by atoms with Crippen molar-refractivity contribution >= 4 is 5.91 Å². The summed E-state index contributed by atoms with van der Waals surface area (Å²) in [5.41, 5.74) is 0.160. The van der Waals surface area contributed by atoms with Gasteiger partial charge in [-0.3, -0.25) is 4.79 Å². The number of phenols is 1. The summed E-state index contributed by atoms with van der Waals surface area (Å²) in [4.78, 5) is 13.6. The van der Waals surface area contributed by atoms with Gasteiger partial charge in [0, 0.05) is 19.7 Å². The molecule has 0 aromatic heterocycles. The average molecular weight is 237 g/mol. The molecule has 0 aliphatic heterocycles. The van der Waals surface area contributed by atoms with Gasteiger partial charge < -0.3 is 10.0 Å². The lowest BCUT2D eigenvalue weighted by Crippen LogP contribution is -2.34. The van der Waals surface area contributed by atoms with E-state index in [9.17, 15) is 14.3 Å². The molecule has 17 heavy (non-hydrogen) atoms. The monoisotopic (exact) mass is 237 g/mol. The highest BCUT2D eigenvalue weighted by atomic mass is 19.1. The highest BCUT2D eigenvalue weighted by molar-refractivity contribution is 5.96. The second-order valence-electron chi connectivity index (χ2n) is 4.64. The summed E-state index contributed by atoms with van der Waals surface area (Å²) in [6.45, 7) is 0.704. The molecule has 0 bridgehead atoms. The number of carbonyl (C=O) groups excluding carboxylic acids is 1. The maximum atomic E-state index is 12.8. The number of phenolic OH excluding ortho intramolecular Hbond substituents is 1. The largest absolute Gasteiger partial charge is 0.507 e. The number of nitrogens with zero attached hydrogens (tertiary/aromatic N) is 1. The molecular weight excluding hydrogens is 221 g/mol. The molecule has 0 saturated heterocycles. The summed E-state index contributed by atoms with van der Waals surface area (Å²) in [7, 11) is 1.71. The molecule has 92 valence electrons. The molecule has 0 spiro atoms. The predicted octanol–water partition coefficient (Wildman–Crippen LogP) is 2.40. The van der Waals surface area contributed by atoms with E-state index in [2.05, 4.69) is 0 Å². The van der Waals surface area contributed by atoms with Gasteiger partial charge in [0.15, 0.2) is 0 Å². The first-order valence-electron chi connectivity index (χ1n) is 5.82. The minimum Gasteiger partial charge on any atom is -0.507 e. The van der Waals surface area contributed by atoms with Crippen LogP contribution < -0.4 is 0 Å². The molecule has 0 radical (unpaired) electrons. The van der Waals surface area contributed by atoms with E-state index >= 15 is 0 Å². The van der Waals surface area contributed by atoms with Crippen molar-refractivity contribution < 1.29 is 14.3 Å². The average Bonchev–Trinajstić information content (AvgIpc) is 2.22. The van der Waals surface area contributed by atoms with Gasteiger partial charge in [0.05, 0.1) is 5.56 Å². The molecule has 0 heterocycles. The quantitative estimate of drug-likeness (QED) is 0.877. The number of benzene rings is 1. The molecular formula is C13H16FNO2. The van der Waals surface area contributed by atoms with Crippen molar-refractivity contribution in [2.75, 3.05) is 13.6 Å². The van der Waals surface area contributed by atoms with Gasteiger partial charge in [0.2, 0.25) is 0 Å². The van der Waals surface area contributed by atoms with Gasteiger partial charge in [-0.2, -0.15) is 0 Å². The third kappa shape index (κ3) is 2.57. The maximum absolute atomic E-state index is 12.8. The minimum absolute atomic E-state index is 0.160.